The van der Waals surface area contributed by atoms with Crippen molar-refractivity contribution in [2.45, 2.75) is 25.5 Å². The van der Waals surface area contributed by atoms with E-state index in [1.807, 2.05) is 0 Å². The third-order valence-electron chi connectivity index (χ3n) is 5.70. The zero-order valence-electron chi connectivity index (χ0n) is 16.0. The molecule has 3 aliphatic rings. The summed E-state index contributed by atoms with van der Waals surface area (Å²) < 4.78 is 19.7. The molecular formula is C22H23FN2O4. The molecule has 0 unspecified atom stereocenters. The van der Waals surface area contributed by atoms with Gasteiger partial charge in [0.25, 0.3) is 0 Å². The van der Waals surface area contributed by atoms with E-state index in [0.29, 0.717) is 17.2 Å². The number of ether oxygens (including phenoxy) is 1. The maximum Gasteiger partial charge on any atom is 0.414 e. The van der Waals surface area contributed by atoms with Crippen molar-refractivity contribution in [3.63, 3.8) is 0 Å². The van der Waals surface area contributed by atoms with Crippen LogP contribution in [0.25, 0.3) is 0 Å². The van der Waals surface area contributed by atoms with Crippen molar-refractivity contribution in [1.82, 2.24) is 4.90 Å². The number of hydrogen-bond donors (Lipinski definition) is 1. The molecule has 1 N–H and O–H groups in total. The number of carbonyl (C=O) groups excluding carboxylic acids is 1. The molecule has 1 atom stereocenters. The maximum atomic E-state index is 13.8. The van der Waals surface area contributed by atoms with Gasteiger partial charge in [0.2, 0.25) is 0 Å². The average Bonchev–Trinajstić information content (AvgIpc) is 2.73. The van der Waals surface area contributed by atoms with Crippen LogP contribution in [0.15, 0.2) is 48.5 Å². The number of carboxylic acid groups (broad SMARTS) is 1. The number of rotatable bonds is 5. The lowest BCUT2D eigenvalue weighted by atomic mass is 9.86. The minimum Gasteiger partial charge on any atom is -0.478 e. The monoisotopic (exact) mass is 398 g/mol. The Kier molecular flexibility index (Phi) is 5.49. The number of carbonyl (C=O) groups is 2. The van der Waals surface area contributed by atoms with Crippen molar-refractivity contribution >= 4 is 17.7 Å². The highest BCUT2D eigenvalue weighted by Crippen LogP contribution is 2.30. The first-order valence-electron chi connectivity index (χ1n) is 9.78. The predicted molar refractivity (Wildman–Crippen MR) is 105 cm³/mol. The van der Waals surface area contributed by atoms with E-state index in [1.54, 1.807) is 18.2 Å². The highest BCUT2D eigenvalue weighted by atomic mass is 19.1. The number of halogens is 1. The topological polar surface area (TPSA) is 70.1 Å². The molecule has 3 aliphatic heterocycles. The van der Waals surface area contributed by atoms with Gasteiger partial charge in [0.15, 0.2) is 0 Å². The van der Waals surface area contributed by atoms with Gasteiger partial charge in [-0.25, -0.2) is 14.0 Å². The van der Waals surface area contributed by atoms with Crippen molar-refractivity contribution in [2.24, 2.45) is 5.92 Å². The fourth-order valence-electron chi connectivity index (χ4n) is 4.13. The fourth-order valence-corrected chi connectivity index (χ4v) is 4.13. The molecule has 0 aliphatic carbocycles. The number of benzene rings is 2. The molecule has 3 heterocycles. The molecule has 6 nitrogen and oxygen atoms in total. The van der Waals surface area contributed by atoms with Crippen LogP contribution in [-0.4, -0.2) is 47.8 Å². The third-order valence-corrected chi connectivity index (χ3v) is 5.70. The van der Waals surface area contributed by atoms with Gasteiger partial charge in [-0.1, -0.05) is 18.2 Å². The van der Waals surface area contributed by atoms with Gasteiger partial charge >= 0.3 is 12.1 Å². The van der Waals surface area contributed by atoms with Crippen LogP contribution < -0.4 is 4.90 Å². The van der Waals surface area contributed by atoms with E-state index in [4.69, 9.17) is 4.74 Å². The SMILES string of the molecule is O=C(O)c1cccc(CN(C(=O)O[C@H]2CN3CCC2CC3)c2cccc(F)c2)c1. The summed E-state index contributed by atoms with van der Waals surface area (Å²) in [5.74, 6) is -1.14. The van der Waals surface area contributed by atoms with Gasteiger partial charge in [-0.05, 0) is 67.7 Å². The van der Waals surface area contributed by atoms with Crippen molar-refractivity contribution in [2.75, 3.05) is 24.5 Å². The maximum absolute atomic E-state index is 13.8. The van der Waals surface area contributed by atoms with E-state index in [9.17, 15) is 19.1 Å². The zero-order chi connectivity index (χ0) is 20.4. The third kappa shape index (κ3) is 4.40. The Bertz CT molecular complexity index is 911. The highest BCUT2D eigenvalue weighted by molar-refractivity contribution is 5.89. The second-order valence-electron chi connectivity index (χ2n) is 7.63. The first kappa shape index (κ1) is 19.4. The molecular weight excluding hydrogens is 375 g/mol. The lowest BCUT2D eigenvalue weighted by Crippen LogP contribution is -2.53. The van der Waals surface area contributed by atoms with E-state index >= 15 is 0 Å². The van der Waals surface area contributed by atoms with Gasteiger partial charge in [0.05, 0.1) is 17.8 Å². The first-order chi connectivity index (χ1) is 14.0. The van der Waals surface area contributed by atoms with E-state index in [0.717, 1.165) is 32.5 Å². The van der Waals surface area contributed by atoms with Crippen LogP contribution in [0.5, 0.6) is 0 Å². The summed E-state index contributed by atoms with van der Waals surface area (Å²) in [7, 11) is 0. The van der Waals surface area contributed by atoms with Crippen LogP contribution in [-0.2, 0) is 11.3 Å². The highest BCUT2D eigenvalue weighted by Gasteiger charge is 2.37. The molecule has 7 heteroatoms. The normalized spacial score (nSPS) is 22.9. The molecule has 0 spiro atoms. The van der Waals surface area contributed by atoms with Crippen LogP contribution >= 0.6 is 0 Å². The molecule has 2 aromatic rings. The van der Waals surface area contributed by atoms with E-state index in [2.05, 4.69) is 4.90 Å². The summed E-state index contributed by atoms with van der Waals surface area (Å²) >= 11 is 0. The number of piperidine rings is 3. The summed E-state index contributed by atoms with van der Waals surface area (Å²) in [6, 6.07) is 12.1. The molecule has 152 valence electrons. The molecule has 3 fully saturated rings. The Morgan fingerprint density at radius 1 is 1.14 bits per heavy atom. The van der Waals surface area contributed by atoms with Gasteiger partial charge in [0.1, 0.15) is 11.9 Å². The van der Waals surface area contributed by atoms with Gasteiger partial charge in [-0.3, -0.25) is 9.80 Å². The van der Waals surface area contributed by atoms with Gasteiger partial charge in [-0.2, -0.15) is 0 Å². The number of aromatic carboxylic acids is 1. The molecule has 2 aromatic carbocycles. The van der Waals surface area contributed by atoms with E-state index < -0.39 is 17.9 Å². The molecule has 0 aromatic heterocycles. The van der Waals surface area contributed by atoms with Gasteiger partial charge < -0.3 is 9.84 Å². The Morgan fingerprint density at radius 2 is 1.90 bits per heavy atom. The second-order valence-corrected chi connectivity index (χ2v) is 7.63. The second kappa shape index (κ2) is 8.21. The number of amides is 1. The molecule has 29 heavy (non-hydrogen) atoms. The Labute approximate surface area is 168 Å². The Morgan fingerprint density at radius 3 is 2.55 bits per heavy atom. The van der Waals surface area contributed by atoms with Crippen LogP contribution in [0, 0.1) is 11.7 Å². The number of hydrogen-bond acceptors (Lipinski definition) is 4. The summed E-state index contributed by atoms with van der Waals surface area (Å²) in [4.78, 5) is 28.0. The largest absolute Gasteiger partial charge is 0.478 e. The fraction of sp³-hybridized carbons (Fsp3) is 0.364. The molecule has 2 bridgehead atoms. The predicted octanol–water partition coefficient (Wildman–Crippen LogP) is 3.76. The lowest BCUT2D eigenvalue weighted by Gasteiger charge is -2.44. The molecule has 5 rings (SSSR count). The number of anilines is 1. The van der Waals surface area contributed by atoms with Crippen molar-refractivity contribution in [3.05, 3.63) is 65.5 Å². The molecule has 3 saturated heterocycles. The lowest BCUT2D eigenvalue weighted by molar-refractivity contribution is -0.0311. The number of carboxylic acids is 1. The van der Waals surface area contributed by atoms with Crippen LogP contribution in [0.1, 0.15) is 28.8 Å². The quantitative estimate of drug-likeness (QED) is 0.831. The van der Waals surface area contributed by atoms with Gasteiger partial charge in [0, 0.05) is 6.54 Å². The standard InChI is InChI=1S/C22H23FN2O4/c23-18-5-2-6-19(12-18)25(13-15-3-1-4-17(11-15)21(26)27)22(28)29-20-14-24-9-7-16(20)8-10-24/h1-6,11-12,16,20H,7-10,13-14H2,(H,26,27)/t20-/m0/s1. The van der Waals surface area contributed by atoms with Crippen LogP contribution in [0.3, 0.4) is 0 Å². The average molecular weight is 398 g/mol. The van der Waals surface area contributed by atoms with Crippen molar-refractivity contribution < 1.29 is 23.8 Å². The number of nitrogens with zero attached hydrogens (tertiary/aromatic N) is 2. The van der Waals surface area contributed by atoms with E-state index in [-0.39, 0.29) is 18.2 Å². The number of fused-ring (bicyclic) bond motifs is 3. The molecule has 0 radical (unpaired) electrons. The summed E-state index contributed by atoms with van der Waals surface area (Å²) in [6.45, 7) is 2.88. The van der Waals surface area contributed by atoms with E-state index in [1.165, 1.54) is 35.2 Å². The Balaban J connectivity index is 1.57. The van der Waals surface area contributed by atoms with Gasteiger partial charge in [-0.15, -0.1) is 0 Å². The molecule has 0 saturated carbocycles. The summed E-state index contributed by atoms with van der Waals surface area (Å²) in [6.07, 6.45) is 1.30. The van der Waals surface area contributed by atoms with Crippen molar-refractivity contribution in [3.8, 4) is 0 Å². The first-order valence-corrected chi connectivity index (χ1v) is 9.78. The van der Waals surface area contributed by atoms with Crippen LogP contribution in [0.2, 0.25) is 0 Å². The summed E-state index contributed by atoms with van der Waals surface area (Å²) in [5, 5.41) is 9.22. The minimum absolute atomic E-state index is 0.0878. The summed E-state index contributed by atoms with van der Waals surface area (Å²) in [5.41, 5.74) is 1.13. The Hall–Kier alpha value is -2.93. The van der Waals surface area contributed by atoms with Crippen molar-refractivity contribution in [1.29, 1.82) is 0 Å². The minimum atomic E-state index is -1.04. The smallest absolute Gasteiger partial charge is 0.414 e. The van der Waals surface area contributed by atoms with Crippen LogP contribution in [0.4, 0.5) is 14.9 Å². The zero-order valence-corrected chi connectivity index (χ0v) is 16.0. The molecule has 1 amide bonds.